The number of aryl methyl sites for hydroxylation is 1. The smallest absolute Gasteiger partial charge is 0.251 e. The number of amides is 1. The molecule has 0 bridgehead atoms. The molecular weight excluding hydrogens is 298 g/mol. The van der Waals surface area contributed by atoms with Crippen LogP contribution in [0.2, 0.25) is 0 Å². The number of thioether (sulfide) groups is 1. The highest BCUT2D eigenvalue weighted by molar-refractivity contribution is 8.00. The lowest BCUT2D eigenvalue weighted by Gasteiger charge is -2.23. The highest BCUT2D eigenvalue weighted by atomic mass is 32.2. The summed E-state index contributed by atoms with van der Waals surface area (Å²) < 4.78 is 0. The predicted molar refractivity (Wildman–Crippen MR) is 89.2 cm³/mol. The monoisotopic (exact) mass is 323 g/mol. The van der Waals surface area contributed by atoms with Gasteiger partial charge in [-0.15, -0.1) is 0 Å². The van der Waals surface area contributed by atoms with Crippen molar-refractivity contribution in [1.29, 1.82) is 0 Å². The van der Waals surface area contributed by atoms with E-state index >= 15 is 0 Å². The van der Waals surface area contributed by atoms with Gasteiger partial charge in [-0.2, -0.15) is 0 Å². The quantitative estimate of drug-likeness (QED) is 0.668. The standard InChI is InChI=1S/C16H25N3O2S/c1-3-8-13-11-14(20)18-16(17-13)22-12(2)15(21)19-9-6-4-5-7-10-19/h11-12H,3-10H2,1-2H3,(H,17,18,20)/t12-/m1/s1. The summed E-state index contributed by atoms with van der Waals surface area (Å²) in [6.07, 6.45) is 6.32. The molecule has 1 N–H and O–H groups in total. The van der Waals surface area contributed by atoms with E-state index in [2.05, 4.69) is 16.9 Å². The van der Waals surface area contributed by atoms with E-state index in [1.807, 2.05) is 11.8 Å². The van der Waals surface area contributed by atoms with Gasteiger partial charge >= 0.3 is 0 Å². The van der Waals surface area contributed by atoms with Crippen molar-refractivity contribution >= 4 is 17.7 Å². The fourth-order valence-electron chi connectivity index (χ4n) is 2.69. The minimum absolute atomic E-state index is 0.143. The van der Waals surface area contributed by atoms with Gasteiger partial charge in [-0.25, -0.2) is 4.98 Å². The molecule has 2 heterocycles. The number of aromatic amines is 1. The van der Waals surface area contributed by atoms with Gasteiger partial charge < -0.3 is 9.88 Å². The van der Waals surface area contributed by atoms with E-state index in [9.17, 15) is 9.59 Å². The lowest BCUT2D eigenvalue weighted by molar-refractivity contribution is -0.130. The fourth-order valence-corrected chi connectivity index (χ4v) is 3.60. The van der Waals surface area contributed by atoms with Crippen LogP contribution < -0.4 is 5.56 Å². The molecule has 1 aliphatic heterocycles. The van der Waals surface area contributed by atoms with Crippen LogP contribution in [-0.4, -0.2) is 39.1 Å². The zero-order chi connectivity index (χ0) is 15.9. The van der Waals surface area contributed by atoms with Crippen LogP contribution in [-0.2, 0) is 11.2 Å². The summed E-state index contributed by atoms with van der Waals surface area (Å²) in [6, 6.07) is 1.54. The molecule has 2 rings (SSSR count). The van der Waals surface area contributed by atoms with Crippen molar-refractivity contribution in [2.45, 2.75) is 62.8 Å². The van der Waals surface area contributed by atoms with Crippen LogP contribution in [0.4, 0.5) is 0 Å². The number of nitrogens with zero attached hydrogens (tertiary/aromatic N) is 2. The van der Waals surface area contributed by atoms with E-state index in [1.54, 1.807) is 0 Å². The Balaban J connectivity index is 2.02. The van der Waals surface area contributed by atoms with E-state index in [1.165, 1.54) is 30.7 Å². The molecule has 0 aliphatic carbocycles. The van der Waals surface area contributed by atoms with E-state index in [0.717, 1.165) is 44.5 Å². The predicted octanol–water partition coefficient (Wildman–Crippen LogP) is 2.61. The van der Waals surface area contributed by atoms with E-state index in [4.69, 9.17) is 0 Å². The maximum Gasteiger partial charge on any atom is 0.251 e. The van der Waals surface area contributed by atoms with Crippen LogP contribution >= 0.6 is 11.8 Å². The molecule has 5 nitrogen and oxygen atoms in total. The van der Waals surface area contributed by atoms with Crippen molar-refractivity contribution < 1.29 is 4.79 Å². The molecule has 1 fully saturated rings. The minimum Gasteiger partial charge on any atom is -0.342 e. The molecule has 22 heavy (non-hydrogen) atoms. The van der Waals surface area contributed by atoms with Crippen LogP contribution in [0.15, 0.2) is 16.0 Å². The van der Waals surface area contributed by atoms with Crippen LogP contribution in [0.25, 0.3) is 0 Å². The van der Waals surface area contributed by atoms with Gasteiger partial charge in [-0.3, -0.25) is 9.59 Å². The largest absolute Gasteiger partial charge is 0.342 e. The van der Waals surface area contributed by atoms with Crippen molar-refractivity contribution in [1.82, 2.24) is 14.9 Å². The summed E-state index contributed by atoms with van der Waals surface area (Å²) in [5.41, 5.74) is 0.651. The summed E-state index contributed by atoms with van der Waals surface area (Å²) in [7, 11) is 0. The van der Waals surface area contributed by atoms with Gasteiger partial charge in [0.25, 0.3) is 5.56 Å². The second-order valence-electron chi connectivity index (χ2n) is 5.79. The number of carbonyl (C=O) groups excluding carboxylic acids is 1. The molecular formula is C16H25N3O2S. The van der Waals surface area contributed by atoms with Crippen LogP contribution in [0.1, 0.15) is 51.6 Å². The minimum atomic E-state index is -0.224. The van der Waals surface area contributed by atoms with E-state index in [0.29, 0.717) is 5.16 Å². The van der Waals surface area contributed by atoms with Crippen LogP contribution in [0.5, 0.6) is 0 Å². The number of carbonyl (C=O) groups is 1. The lowest BCUT2D eigenvalue weighted by atomic mass is 10.2. The lowest BCUT2D eigenvalue weighted by Crippen LogP contribution is -2.37. The third kappa shape index (κ3) is 4.87. The molecule has 122 valence electrons. The second-order valence-corrected chi connectivity index (χ2v) is 7.12. The van der Waals surface area contributed by atoms with Crippen molar-refractivity contribution in [2.75, 3.05) is 13.1 Å². The number of rotatable bonds is 5. The number of nitrogens with one attached hydrogen (secondary N) is 1. The Morgan fingerprint density at radius 1 is 1.36 bits per heavy atom. The highest BCUT2D eigenvalue weighted by Gasteiger charge is 2.23. The molecule has 0 unspecified atom stereocenters. The zero-order valence-corrected chi connectivity index (χ0v) is 14.2. The first kappa shape index (κ1) is 17.1. The normalized spacial score (nSPS) is 17.1. The summed E-state index contributed by atoms with van der Waals surface area (Å²) in [5, 5.41) is 0.324. The zero-order valence-electron chi connectivity index (χ0n) is 13.4. The molecule has 1 aliphatic rings. The first-order chi connectivity index (χ1) is 10.6. The third-order valence-corrected chi connectivity index (χ3v) is 4.80. The Bertz CT molecular complexity index is 551. The molecule has 6 heteroatoms. The Labute approximate surface area is 135 Å². The molecule has 1 aromatic rings. The first-order valence-corrected chi connectivity index (χ1v) is 9.04. The van der Waals surface area contributed by atoms with Crippen molar-refractivity contribution in [3.63, 3.8) is 0 Å². The number of aromatic nitrogens is 2. The molecule has 0 saturated carbocycles. The molecule has 0 radical (unpaired) electrons. The molecule has 1 saturated heterocycles. The number of hydrogen-bond donors (Lipinski definition) is 1. The molecule has 0 aromatic carbocycles. The van der Waals surface area contributed by atoms with E-state index in [-0.39, 0.29) is 16.7 Å². The van der Waals surface area contributed by atoms with Crippen molar-refractivity contribution in [2.24, 2.45) is 0 Å². The number of likely N-dealkylation sites (tertiary alicyclic amines) is 1. The Morgan fingerprint density at radius 3 is 2.68 bits per heavy atom. The molecule has 1 amide bonds. The second kappa shape index (κ2) is 8.36. The maximum atomic E-state index is 12.5. The van der Waals surface area contributed by atoms with Gasteiger partial charge in [0.15, 0.2) is 5.16 Å². The van der Waals surface area contributed by atoms with Gasteiger partial charge in [0.2, 0.25) is 5.91 Å². The summed E-state index contributed by atoms with van der Waals surface area (Å²) in [6.45, 7) is 5.65. The summed E-state index contributed by atoms with van der Waals surface area (Å²) >= 11 is 1.35. The van der Waals surface area contributed by atoms with Gasteiger partial charge in [-0.1, -0.05) is 37.9 Å². The highest BCUT2D eigenvalue weighted by Crippen LogP contribution is 2.22. The average molecular weight is 323 g/mol. The molecule has 1 atom stereocenters. The van der Waals surface area contributed by atoms with Crippen LogP contribution in [0, 0.1) is 0 Å². The first-order valence-electron chi connectivity index (χ1n) is 8.16. The van der Waals surface area contributed by atoms with Crippen molar-refractivity contribution in [3.8, 4) is 0 Å². The van der Waals surface area contributed by atoms with E-state index < -0.39 is 0 Å². The van der Waals surface area contributed by atoms with Gasteiger partial charge in [-0.05, 0) is 26.2 Å². The van der Waals surface area contributed by atoms with Gasteiger partial charge in [0, 0.05) is 24.8 Å². The fraction of sp³-hybridized carbons (Fsp3) is 0.688. The summed E-state index contributed by atoms with van der Waals surface area (Å²) in [4.78, 5) is 33.4. The Kier molecular flexibility index (Phi) is 6.49. The maximum absolute atomic E-state index is 12.5. The Morgan fingerprint density at radius 2 is 2.05 bits per heavy atom. The topological polar surface area (TPSA) is 66.1 Å². The third-order valence-electron chi connectivity index (χ3n) is 3.83. The SMILES string of the molecule is CCCc1cc(=O)[nH]c(S[C@H](C)C(=O)N2CCCCCC2)n1. The Hall–Kier alpha value is -1.30. The van der Waals surface area contributed by atoms with Crippen molar-refractivity contribution in [3.05, 3.63) is 22.1 Å². The average Bonchev–Trinajstić information content (AvgIpc) is 2.75. The number of hydrogen-bond acceptors (Lipinski definition) is 4. The van der Waals surface area contributed by atoms with Gasteiger partial charge in [0.1, 0.15) is 0 Å². The summed E-state index contributed by atoms with van der Waals surface area (Å²) in [5.74, 6) is 0.149. The van der Waals surface area contributed by atoms with Crippen LogP contribution in [0.3, 0.4) is 0 Å². The van der Waals surface area contributed by atoms with Gasteiger partial charge in [0.05, 0.1) is 5.25 Å². The molecule has 0 spiro atoms. The number of H-pyrrole nitrogens is 1. The molecule has 1 aromatic heterocycles.